The van der Waals surface area contributed by atoms with Gasteiger partial charge in [0.1, 0.15) is 11.3 Å². The summed E-state index contributed by atoms with van der Waals surface area (Å²) < 4.78 is 46.3. The van der Waals surface area contributed by atoms with Gasteiger partial charge >= 0.3 is 12.4 Å². The second kappa shape index (κ2) is 7.19. The highest BCUT2D eigenvalue weighted by Gasteiger charge is 2.65. The van der Waals surface area contributed by atoms with Crippen LogP contribution in [0.2, 0.25) is 0 Å². The molecule has 1 aliphatic heterocycles. The highest BCUT2D eigenvalue weighted by Crippen LogP contribution is 2.49. The Morgan fingerprint density at radius 3 is 2.43 bits per heavy atom. The maximum atomic E-state index is 13.1. The van der Waals surface area contributed by atoms with E-state index in [1.807, 2.05) is 6.92 Å². The molecule has 0 unspecified atom stereocenters. The fourth-order valence-corrected chi connectivity index (χ4v) is 3.52. The Morgan fingerprint density at radius 1 is 1.13 bits per heavy atom. The lowest BCUT2D eigenvalue weighted by Gasteiger charge is -2.21. The van der Waals surface area contributed by atoms with Gasteiger partial charge in [0.25, 0.3) is 5.91 Å². The van der Waals surface area contributed by atoms with Gasteiger partial charge in [0.2, 0.25) is 5.88 Å². The molecule has 2 aromatic rings. The van der Waals surface area contributed by atoms with E-state index >= 15 is 0 Å². The molecule has 2 fully saturated rings. The Kier molecular flexibility index (Phi) is 4.79. The van der Waals surface area contributed by atoms with Gasteiger partial charge < -0.3 is 14.4 Å². The van der Waals surface area contributed by atoms with Crippen molar-refractivity contribution in [3.8, 4) is 11.6 Å². The smallest absolute Gasteiger partial charge is 0.478 e. The summed E-state index contributed by atoms with van der Waals surface area (Å²) in [7, 11) is 0. The molecule has 30 heavy (non-hydrogen) atoms. The molecule has 0 N–H and O–H groups in total. The number of hydrogen-bond acceptors (Lipinski definition) is 5. The number of anilines is 1. The number of benzene rings is 1. The fourth-order valence-electron chi connectivity index (χ4n) is 3.52. The monoisotopic (exact) mass is 421 g/mol. The van der Waals surface area contributed by atoms with Gasteiger partial charge in [0.15, 0.2) is 0 Å². The summed E-state index contributed by atoms with van der Waals surface area (Å²) in [6, 6.07) is 7.60. The van der Waals surface area contributed by atoms with Crippen molar-refractivity contribution >= 4 is 17.6 Å². The van der Waals surface area contributed by atoms with Gasteiger partial charge in [0.05, 0.1) is 12.3 Å². The molecular formula is C20H18F3N3O4. The second-order valence-corrected chi connectivity index (χ2v) is 7.02. The maximum absolute atomic E-state index is 13.1. The molecule has 1 saturated heterocycles. The number of halogens is 3. The second-order valence-electron chi connectivity index (χ2n) is 7.02. The minimum Gasteiger partial charge on any atom is -0.478 e. The van der Waals surface area contributed by atoms with Crippen molar-refractivity contribution in [2.24, 2.45) is 0 Å². The Bertz CT molecular complexity index is 974. The molecule has 3 amide bonds. The van der Waals surface area contributed by atoms with Gasteiger partial charge in [-0.15, -0.1) is 13.2 Å². The molecule has 0 bridgehead atoms. The molecule has 0 atom stereocenters. The van der Waals surface area contributed by atoms with Gasteiger partial charge in [-0.25, -0.2) is 14.7 Å². The number of nitrogens with zero attached hydrogens (tertiary/aromatic N) is 3. The summed E-state index contributed by atoms with van der Waals surface area (Å²) in [6.45, 7) is 2.47. The molecule has 4 rings (SSSR count). The number of imide groups is 1. The summed E-state index contributed by atoms with van der Waals surface area (Å²) in [5, 5.41) is 0. The van der Waals surface area contributed by atoms with Gasteiger partial charge in [-0.05, 0) is 55.7 Å². The standard InChI is InChI=1S/C20H18F3N3O4/c1-2-29-16-11-13(7-10-24-16)12-25-18(28)26(17(27)19(25)8-9-19)14-3-5-15(6-4-14)30-20(21,22)23/h3-7,10-11H,2,8-9,12H2,1H3. The molecule has 0 radical (unpaired) electrons. The number of urea groups is 1. The van der Waals surface area contributed by atoms with Crippen LogP contribution in [0.1, 0.15) is 25.3 Å². The summed E-state index contributed by atoms with van der Waals surface area (Å²) in [6.07, 6.45) is -2.18. The van der Waals surface area contributed by atoms with Crippen LogP contribution >= 0.6 is 0 Å². The largest absolute Gasteiger partial charge is 0.573 e. The first-order valence-electron chi connectivity index (χ1n) is 9.33. The number of aromatic nitrogens is 1. The van der Waals surface area contributed by atoms with Crippen molar-refractivity contribution in [3.05, 3.63) is 48.2 Å². The van der Waals surface area contributed by atoms with Gasteiger partial charge in [-0.1, -0.05) is 0 Å². The quantitative estimate of drug-likeness (QED) is 0.662. The SMILES string of the molecule is CCOc1cc(CN2C(=O)N(c3ccc(OC(F)(F)F)cc3)C(=O)C23CC3)ccn1. The Balaban J connectivity index is 1.56. The summed E-state index contributed by atoms with van der Waals surface area (Å²) in [4.78, 5) is 32.7. The minimum atomic E-state index is -4.82. The predicted molar refractivity (Wildman–Crippen MR) is 98.9 cm³/mol. The third-order valence-corrected chi connectivity index (χ3v) is 5.02. The van der Waals surface area contributed by atoms with Gasteiger partial charge in [-0.2, -0.15) is 0 Å². The minimum absolute atomic E-state index is 0.193. The lowest BCUT2D eigenvalue weighted by molar-refractivity contribution is -0.274. The fraction of sp³-hybridized carbons (Fsp3) is 0.350. The highest BCUT2D eigenvalue weighted by molar-refractivity contribution is 6.24. The number of carbonyl (C=O) groups excluding carboxylic acids is 2. The number of amides is 3. The van der Waals surface area contributed by atoms with Crippen LogP contribution in [0.25, 0.3) is 0 Å². The molecule has 158 valence electrons. The van der Waals surface area contributed by atoms with E-state index in [0.29, 0.717) is 25.3 Å². The molecule has 1 spiro atoms. The van der Waals surface area contributed by atoms with E-state index in [1.54, 1.807) is 18.3 Å². The van der Waals surface area contributed by atoms with Gasteiger partial charge in [-0.3, -0.25) is 4.79 Å². The van der Waals surface area contributed by atoms with E-state index in [9.17, 15) is 22.8 Å². The molecule has 2 heterocycles. The molecule has 1 aromatic carbocycles. The van der Waals surface area contributed by atoms with E-state index in [-0.39, 0.29) is 18.1 Å². The molecule has 7 nitrogen and oxygen atoms in total. The van der Waals surface area contributed by atoms with Crippen LogP contribution in [-0.4, -0.2) is 40.3 Å². The highest BCUT2D eigenvalue weighted by atomic mass is 19.4. The Hall–Kier alpha value is -3.30. The third kappa shape index (κ3) is 3.64. The van der Waals surface area contributed by atoms with Crippen molar-refractivity contribution in [2.45, 2.75) is 38.2 Å². The van der Waals surface area contributed by atoms with E-state index in [2.05, 4.69) is 9.72 Å². The molecule has 10 heteroatoms. The van der Waals surface area contributed by atoms with E-state index in [1.165, 1.54) is 17.0 Å². The van der Waals surface area contributed by atoms with Crippen molar-refractivity contribution < 1.29 is 32.2 Å². The molecule has 1 aliphatic carbocycles. The number of rotatable bonds is 6. The predicted octanol–water partition coefficient (Wildman–Crippen LogP) is 3.88. The number of ether oxygens (including phenoxy) is 2. The maximum Gasteiger partial charge on any atom is 0.573 e. The Labute approximate surface area is 170 Å². The van der Waals surface area contributed by atoms with Crippen LogP contribution in [-0.2, 0) is 11.3 Å². The summed E-state index contributed by atoms with van der Waals surface area (Å²) in [5.74, 6) is -0.380. The van der Waals surface area contributed by atoms with Crippen LogP contribution in [0, 0.1) is 0 Å². The van der Waals surface area contributed by atoms with Gasteiger partial charge in [0, 0.05) is 18.8 Å². The first-order valence-corrected chi connectivity index (χ1v) is 9.33. The van der Waals surface area contributed by atoms with Crippen LogP contribution in [0.15, 0.2) is 42.6 Å². The lowest BCUT2D eigenvalue weighted by atomic mass is 10.2. The summed E-state index contributed by atoms with van der Waals surface area (Å²) >= 11 is 0. The topological polar surface area (TPSA) is 72.0 Å². The van der Waals surface area contributed by atoms with Crippen molar-refractivity contribution in [1.29, 1.82) is 0 Å². The van der Waals surface area contributed by atoms with Crippen molar-refractivity contribution in [2.75, 3.05) is 11.5 Å². The normalized spacial score (nSPS) is 17.6. The third-order valence-electron chi connectivity index (χ3n) is 5.02. The van der Waals surface area contributed by atoms with Crippen LogP contribution in [0.5, 0.6) is 11.6 Å². The zero-order valence-corrected chi connectivity index (χ0v) is 16.0. The van der Waals surface area contributed by atoms with E-state index in [4.69, 9.17) is 4.74 Å². The van der Waals surface area contributed by atoms with Crippen molar-refractivity contribution in [3.63, 3.8) is 0 Å². The van der Waals surface area contributed by atoms with Crippen LogP contribution in [0.4, 0.5) is 23.7 Å². The average molecular weight is 421 g/mol. The molecular weight excluding hydrogens is 403 g/mol. The number of hydrogen-bond donors (Lipinski definition) is 0. The first kappa shape index (κ1) is 20.0. The first-order chi connectivity index (χ1) is 14.2. The zero-order chi connectivity index (χ0) is 21.5. The summed E-state index contributed by atoms with van der Waals surface area (Å²) in [5.41, 5.74) is 0.0440. The van der Waals surface area contributed by atoms with Crippen LogP contribution < -0.4 is 14.4 Å². The number of carbonyl (C=O) groups is 2. The number of alkyl halides is 3. The molecule has 1 saturated carbocycles. The van der Waals surface area contributed by atoms with E-state index in [0.717, 1.165) is 22.6 Å². The average Bonchev–Trinajstić information content (AvgIpc) is 3.45. The molecule has 1 aromatic heterocycles. The number of pyridine rings is 1. The Morgan fingerprint density at radius 2 is 1.83 bits per heavy atom. The lowest BCUT2D eigenvalue weighted by Crippen LogP contribution is -2.36. The zero-order valence-electron chi connectivity index (χ0n) is 16.0. The van der Waals surface area contributed by atoms with E-state index < -0.39 is 23.7 Å². The van der Waals surface area contributed by atoms with Crippen molar-refractivity contribution in [1.82, 2.24) is 9.88 Å². The molecule has 2 aliphatic rings. The van der Waals surface area contributed by atoms with Crippen LogP contribution in [0.3, 0.4) is 0 Å².